The minimum atomic E-state index is 0. The molecule has 2 heterocycles. The molecule has 0 atom stereocenters. The Morgan fingerprint density at radius 2 is 1.82 bits per heavy atom. The predicted molar refractivity (Wildman–Crippen MR) is 115 cm³/mol. The topological polar surface area (TPSA) is 59.1 Å². The van der Waals surface area contributed by atoms with Gasteiger partial charge in [-0.25, -0.2) is 9.97 Å². The minimum absolute atomic E-state index is 0. The van der Waals surface area contributed by atoms with Crippen molar-refractivity contribution in [2.75, 3.05) is 25.5 Å². The number of halogens is 1. The number of fused-ring (bicyclic) bond motifs is 1. The number of nitrogens with one attached hydrogen (secondary N) is 2. The maximum atomic E-state index is 5.35. The van der Waals surface area contributed by atoms with Crippen molar-refractivity contribution < 1.29 is 4.74 Å². The first-order chi connectivity index (χ1) is 13.3. The Kier molecular flexibility index (Phi) is 6.85. The molecule has 0 bridgehead atoms. The van der Waals surface area contributed by atoms with Crippen LogP contribution >= 0.6 is 12.4 Å². The van der Waals surface area contributed by atoms with E-state index < -0.39 is 0 Å². The number of benzene rings is 2. The first-order valence-corrected chi connectivity index (χ1v) is 9.36. The second kappa shape index (κ2) is 9.53. The van der Waals surface area contributed by atoms with E-state index in [1.165, 1.54) is 11.1 Å². The lowest BCUT2D eigenvalue weighted by atomic mass is 10.1. The Balaban J connectivity index is 0.00000225. The Hall–Kier alpha value is -2.63. The third-order valence-corrected chi connectivity index (χ3v) is 4.77. The Morgan fingerprint density at radius 3 is 2.64 bits per heavy atom. The van der Waals surface area contributed by atoms with Gasteiger partial charge in [0.15, 0.2) is 0 Å². The van der Waals surface area contributed by atoms with Gasteiger partial charge in [0.25, 0.3) is 0 Å². The van der Waals surface area contributed by atoms with E-state index in [-0.39, 0.29) is 12.4 Å². The molecule has 0 radical (unpaired) electrons. The second-order valence-electron chi connectivity index (χ2n) is 6.68. The molecule has 4 rings (SSSR count). The summed E-state index contributed by atoms with van der Waals surface area (Å²) in [6.07, 6.45) is 2.58. The molecule has 146 valence electrons. The summed E-state index contributed by atoms with van der Waals surface area (Å²) in [5.74, 6) is 2.58. The summed E-state index contributed by atoms with van der Waals surface area (Å²) in [6, 6.07) is 18.3. The second-order valence-corrected chi connectivity index (χ2v) is 6.68. The fraction of sp³-hybridized carbons (Fsp3) is 0.273. The molecule has 0 spiro atoms. The first kappa shape index (κ1) is 20.1. The summed E-state index contributed by atoms with van der Waals surface area (Å²) in [4.78, 5) is 9.77. The lowest BCUT2D eigenvalue weighted by molar-refractivity contribution is 0.415. The van der Waals surface area contributed by atoms with E-state index in [9.17, 15) is 0 Å². The van der Waals surface area contributed by atoms with E-state index in [4.69, 9.17) is 14.7 Å². The van der Waals surface area contributed by atoms with Crippen molar-refractivity contribution in [1.82, 2.24) is 15.3 Å². The van der Waals surface area contributed by atoms with Crippen molar-refractivity contribution in [2.45, 2.75) is 19.3 Å². The fourth-order valence-corrected chi connectivity index (χ4v) is 3.39. The summed E-state index contributed by atoms with van der Waals surface area (Å²) in [6.45, 7) is 1.90. The standard InChI is InChI=1S/C22H24N4O.ClH/c1-27-18-9-5-8-17(15-18)24-22-19-10-12-23-13-11-20(19)25-21(26-22)14-16-6-3-2-4-7-16;/h2-9,15,23H,10-14H2,1H3,(H,24,25,26);1H. The van der Waals surface area contributed by atoms with E-state index >= 15 is 0 Å². The van der Waals surface area contributed by atoms with Crippen LogP contribution in [0.3, 0.4) is 0 Å². The van der Waals surface area contributed by atoms with Crippen molar-refractivity contribution in [3.05, 3.63) is 77.2 Å². The zero-order chi connectivity index (χ0) is 18.5. The zero-order valence-corrected chi connectivity index (χ0v) is 16.8. The molecule has 0 unspecified atom stereocenters. The summed E-state index contributed by atoms with van der Waals surface area (Å²) in [5.41, 5.74) is 4.54. The van der Waals surface area contributed by atoms with Crippen LogP contribution in [0.15, 0.2) is 54.6 Å². The average molecular weight is 397 g/mol. The highest BCUT2D eigenvalue weighted by Crippen LogP contribution is 2.26. The van der Waals surface area contributed by atoms with Crippen molar-refractivity contribution in [3.63, 3.8) is 0 Å². The van der Waals surface area contributed by atoms with Gasteiger partial charge in [-0.15, -0.1) is 12.4 Å². The van der Waals surface area contributed by atoms with Gasteiger partial charge in [0.05, 0.1) is 12.8 Å². The maximum Gasteiger partial charge on any atom is 0.137 e. The monoisotopic (exact) mass is 396 g/mol. The van der Waals surface area contributed by atoms with E-state index in [2.05, 4.69) is 34.9 Å². The van der Waals surface area contributed by atoms with Gasteiger partial charge in [-0.3, -0.25) is 0 Å². The van der Waals surface area contributed by atoms with Crippen LogP contribution in [0.5, 0.6) is 5.75 Å². The fourth-order valence-electron chi connectivity index (χ4n) is 3.39. The Bertz CT molecular complexity index is 918. The molecule has 2 N–H and O–H groups in total. The number of hydrogen-bond acceptors (Lipinski definition) is 5. The number of hydrogen-bond donors (Lipinski definition) is 2. The molecule has 1 aromatic heterocycles. The van der Waals surface area contributed by atoms with Crippen molar-refractivity contribution >= 4 is 23.9 Å². The van der Waals surface area contributed by atoms with E-state index in [1.54, 1.807) is 7.11 Å². The van der Waals surface area contributed by atoms with Crippen LogP contribution in [-0.2, 0) is 19.3 Å². The molecule has 28 heavy (non-hydrogen) atoms. The van der Waals surface area contributed by atoms with Gasteiger partial charge >= 0.3 is 0 Å². The molecular formula is C22H25ClN4O. The molecule has 2 aromatic carbocycles. The van der Waals surface area contributed by atoms with Crippen LogP contribution in [0.4, 0.5) is 11.5 Å². The molecule has 5 nitrogen and oxygen atoms in total. The molecule has 1 aliphatic heterocycles. The number of nitrogens with zero attached hydrogens (tertiary/aromatic N) is 2. The summed E-state index contributed by atoms with van der Waals surface area (Å²) in [7, 11) is 1.68. The van der Waals surface area contributed by atoms with Gasteiger partial charge in [-0.05, 0) is 30.7 Å². The van der Waals surface area contributed by atoms with Gasteiger partial charge in [0, 0.05) is 36.7 Å². The number of ether oxygens (including phenoxy) is 1. The number of methoxy groups -OCH3 is 1. The quantitative estimate of drug-likeness (QED) is 0.684. The Morgan fingerprint density at radius 1 is 1.00 bits per heavy atom. The summed E-state index contributed by atoms with van der Waals surface area (Å²) >= 11 is 0. The van der Waals surface area contributed by atoms with Crippen molar-refractivity contribution in [2.24, 2.45) is 0 Å². The van der Waals surface area contributed by atoms with Crippen molar-refractivity contribution in [1.29, 1.82) is 0 Å². The minimum Gasteiger partial charge on any atom is -0.497 e. The Labute approximate surface area is 172 Å². The van der Waals surface area contributed by atoms with Crippen LogP contribution in [-0.4, -0.2) is 30.2 Å². The molecule has 1 aliphatic rings. The number of anilines is 2. The average Bonchev–Trinajstić information content (AvgIpc) is 2.95. The highest BCUT2D eigenvalue weighted by molar-refractivity contribution is 5.85. The lowest BCUT2D eigenvalue weighted by Crippen LogP contribution is -2.16. The third-order valence-electron chi connectivity index (χ3n) is 4.77. The first-order valence-electron chi connectivity index (χ1n) is 9.36. The molecule has 0 fully saturated rings. The van der Waals surface area contributed by atoms with Gasteiger partial charge in [-0.1, -0.05) is 36.4 Å². The van der Waals surface area contributed by atoms with Crippen LogP contribution in [0.1, 0.15) is 22.6 Å². The zero-order valence-electron chi connectivity index (χ0n) is 15.9. The maximum absolute atomic E-state index is 5.35. The molecule has 0 aliphatic carbocycles. The molecule has 0 saturated heterocycles. The number of rotatable bonds is 5. The lowest BCUT2D eigenvalue weighted by Gasteiger charge is -2.15. The molecule has 6 heteroatoms. The highest BCUT2D eigenvalue weighted by Gasteiger charge is 2.17. The van der Waals surface area contributed by atoms with Crippen LogP contribution in [0.2, 0.25) is 0 Å². The van der Waals surface area contributed by atoms with Gasteiger partial charge in [-0.2, -0.15) is 0 Å². The van der Waals surface area contributed by atoms with Crippen molar-refractivity contribution in [3.8, 4) is 5.75 Å². The third kappa shape index (κ3) is 4.80. The molecule has 0 saturated carbocycles. The molecular weight excluding hydrogens is 372 g/mol. The molecule has 3 aromatic rings. The summed E-state index contributed by atoms with van der Waals surface area (Å²) in [5, 5.41) is 6.96. The van der Waals surface area contributed by atoms with Gasteiger partial charge in [0.1, 0.15) is 17.4 Å². The van der Waals surface area contributed by atoms with Gasteiger partial charge < -0.3 is 15.4 Å². The van der Waals surface area contributed by atoms with E-state index in [0.29, 0.717) is 0 Å². The van der Waals surface area contributed by atoms with Crippen LogP contribution in [0.25, 0.3) is 0 Å². The normalized spacial score (nSPS) is 13.0. The smallest absolute Gasteiger partial charge is 0.137 e. The number of aromatic nitrogens is 2. The van der Waals surface area contributed by atoms with E-state index in [1.807, 2.05) is 30.3 Å². The summed E-state index contributed by atoms with van der Waals surface area (Å²) < 4.78 is 5.35. The van der Waals surface area contributed by atoms with Crippen LogP contribution in [0, 0.1) is 0 Å². The highest BCUT2D eigenvalue weighted by atomic mass is 35.5. The van der Waals surface area contributed by atoms with E-state index in [0.717, 1.165) is 61.1 Å². The van der Waals surface area contributed by atoms with Crippen LogP contribution < -0.4 is 15.4 Å². The SMILES string of the molecule is COc1cccc(Nc2nc(Cc3ccccc3)nc3c2CCNCC3)c1.Cl. The predicted octanol–water partition coefficient (Wildman–Crippen LogP) is 3.93. The van der Waals surface area contributed by atoms with Gasteiger partial charge in [0.2, 0.25) is 0 Å². The largest absolute Gasteiger partial charge is 0.497 e. The molecule has 0 amide bonds.